The molecule has 0 unspecified atom stereocenters. The van der Waals surface area contributed by atoms with Crippen LogP contribution in [-0.2, 0) is 17.8 Å². The standard InChI is InChI=1S/C20H18ClN3O2/c1-13-10-17-18(7-4-15(12-22)20(17)21)24(13)8-9-26-16-5-2-14(3-6-16)11-19(23)25/h2-7,10H,8-9,11H2,1H3,(H2,23,25). The number of amides is 1. The third-order valence-electron chi connectivity index (χ3n) is 4.23. The van der Waals surface area contributed by atoms with Crippen LogP contribution < -0.4 is 10.5 Å². The zero-order valence-corrected chi connectivity index (χ0v) is 15.1. The Labute approximate surface area is 156 Å². The first-order valence-electron chi connectivity index (χ1n) is 8.18. The molecule has 2 N–H and O–H groups in total. The van der Waals surface area contributed by atoms with Crippen LogP contribution in [-0.4, -0.2) is 17.1 Å². The number of hydrogen-bond acceptors (Lipinski definition) is 3. The number of rotatable bonds is 6. The number of carbonyl (C=O) groups is 1. The number of nitrogens with two attached hydrogens (primary N) is 1. The maximum Gasteiger partial charge on any atom is 0.221 e. The van der Waals surface area contributed by atoms with Crippen molar-refractivity contribution in [3.05, 3.63) is 64.3 Å². The third kappa shape index (κ3) is 3.66. The molecule has 1 amide bonds. The van der Waals surface area contributed by atoms with E-state index in [-0.39, 0.29) is 12.3 Å². The van der Waals surface area contributed by atoms with Crippen molar-refractivity contribution in [1.29, 1.82) is 5.26 Å². The molecule has 0 radical (unpaired) electrons. The molecule has 3 rings (SSSR count). The van der Waals surface area contributed by atoms with Gasteiger partial charge in [0.1, 0.15) is 18.4 Å². The Kier molecular flexibility index (Phi) is 5.15. The molecule has 1 aromatic heterocycles. The summed E-state index contributed by atoms with van der Waals surface area (Å²) in [5.41, 5.74) is 8.55. The van der Waals surface area contributed by atoms with Gasteiger partial charge in [0.25, 0.3) is 0 Å². The molecule has 1 heterocycles. The van der Waals surface area contributed by atoms with Crippen LogP contribution >= 0.6 is 11.6 Å². The van der Waals surface area contributed by atoms with E-state index in [4.69, 9.17) is 27.3 Å². The second kappa shape index (κ2) is 7.51. The van der Waals surface area contributed by atoms with Gasteiger partial charge in [0.2, 0.25) is 5.91 Å². The Balaban J connectivity index is 1.70. The van der Waals surface area contributed by atoms with E-state index >= 15 is 0 Å². The van der Waals surface area contributed by atoms with Gasteiger partial charge in [0.15, 0.2) is 0 Å². The minimum absolute atomic E-state index is 0.222. The molecular formula is C20H18ClN3O2. The van der Waals surface area contributed by atoms with Crippen molar-refractivity contribution in [3.63, 3.8) is 0 Å². The summed E-state index contributed by atoms with van der Waals surface area (Å²) in [5, 5.41) is 10.5. The molecule has 0 bridgehead atoms. The van der Waals surface area contributed by atoms with E-state index in [2.05, 4.69) is 10.6 Å². The Bertz CT molecular complexity index is 1000. The van der Waals surface area contributed by atoms with E-state index in [0.717, 1.165) is 27.9 Å². The van der Waals surface area contributed by atoms with Gasteiger partial charge >= 0.3 is 0 Å². The van der Waals surface area contributed by atoms with E-state index in [0.29, 0.717) is 23.7 Å². The SMILES string of the molecule is Cc1cc2c(Cl)c(C#N)ccc2n1CCOc1ccc(CC(N)=O)cc1. The first-order chi connectivity index (χ1) is 12.5. The number of hydrogen-bond donors (Lipinski definition) is 1. The van der Waals surface area contributed by atoms with Crippen molar-refractivity contribution in [1.82, 2.24) is 4.57 Å². The minimum Gasteiger partial charge on any atom is -0.492 e. The number of halogens is 1. The summed E-state index contributed by atoms with van der Waals surface area (Å²) >= 11 is 6.31. The van der Waals surface area contributed by atoms with Crippen LogP contribution in [0.1, 0.15) is 16.8 Å². The van der Waals surface area contributed by atoms with Crippen LogP contribution in [0.2, 0.25) is 5.02 Å². The number of benzene rings is 2. The number of aryl methyl sites for hydroxylation is 1. The van der Waals surface area contributed by atoms with Crippen molar-refractivity contribution < 1.29 is 9.53 Å². The maximum atomic E-state index is 10.9. The lowest BCUT2D eigenvalue weighted by atomic mass is 10.1. The molecule has 0 fully saturated rings. The number of ether oxygens (including phenoxy) is 1. The lowest BCUT2D eigenvalue weighted by Crippen LogP contribution is -2.13. The second-order valence-electron chi connectivity index (χ2n) is 6.04. The number of fused-ring (bicyclic) bond motifs is 1. The first kappa shape index (κ1) is 17.8. The topological polar surface area (TPSA) is 81.0 Å². The zero-order chi connectivity index (χ0) is 18.7. The summed E-state index contributed by atoms with van der Waals surface area (Å²) in [6.07, 6.45) is 0.222. The second-order valence-corrected chi connectivity index (χ2v) is 6.42. The highest BCUT2D eigenvalue weighted by Gasteiger charge is 2.11. The molecule has 0 saturated carbocycles. The normalized spacial score (nSPS) is 10.7. The molecule has 26 heavy (non-hydrogen) atoms. The lowest BCUT2D eigenvalue weighted by Gasteiger charge is -2.11. The molecule has 0 aliphatic carbocycles. The molecule has 0 saturated heterocycles. The summed E-state index contributed by atoms with van der Waals surface area (Å²) in [6, 6.07) is 15.1. The fourth-order valence-corrected chi connectivity index (χ4v) is 3.23. The van der Waals surface area contributed by atoms with Crippen LogP contribution in [0.5, 0.6) is 5.75 Å². The largest absolute Gasteiger partial charge is 0.492 e. The molecule has 0 aliphatic rings. The number of primary amides is 1. The Hall–Kier alpha value is -2.97. The Morgan fingerprint density at radius 3 is 2.65 bits per heavy atom. The van der Waals surface area contributed by atoms with E-state index < -0.39 is 0 Å². The molecule has 6 heteroatoms. The van der Waals surface area contributed by atoms with Gasteiger partial charge in [-0.2, -0.15) is 5.26 Å². The van der Waals surface area contributed by atoms with Crippen LogP contribution in [0.25, 0.3) is 10.9 Å². The molecule has 0 atom stereocenters. The van der Waals surface area contributed by atoms with Crippen molar-refractivity contribution in [2.24, 2.45) is 5.73 Å². The number of aromatic nitrogens is 1. The molecule has 132 valence electrons. The van der Waals surface area contributed by atoms with Crippen LogP contribution in [0.15, 0.2) is 42.5 Å². The van der Waals surface area contributed by atoms with Crippen molar-refractivity contribution in [2.75, 3.05) is 6.61 Å². The monoisotopic (exact) mass is 367 g/mol. The fourth-order valence-electron chi connectivity index (χ4n) is 2.97. The van der Waals surface area contributed by atoms with E-state index in [1.165, 1.54) is 0 Å². The molecular weight excluding hydrogens is 350 g/mol. The van der Waals surface area contributed by atoms with Crippen LogP contribution in [0.4, 0.5) is 0 Å². The number of nitriles is 1. The summed E-state index contributed by atoms with van der Waals surface area (Å²) in [5.74, 6) is 0.379. The van der Waals surface area contributed by atoms with Crippen molar-refractivity contribution in [2.45, 2.75) is 19.9 Å². The first-order valence-corrected chi connectivity index (χ1v) is 8.56. The van der Waals surface area contributed by atoms with E-state index in [1.807, 2.05) is 43.3 Å². The highest BCUT2D eigenvalue weighted by molar-refractivity contribution is 6.36. The van der Waals surface area contributed by atoms with Gasteiger partial charge in [-0.05, 0) is 42.8 Å². The van der Waals surface area contributed by atoms with Gasteiger partial charge in [0, 0.05) is 16.6 Å². The van der Waals surface area contributed by atoms with E-state index in [9.17, 15) is 4.79 Å². The average Bonchev–Trinajstić information content (AvgIpc) is 2.93. The van der Waals surface area contributed by atoms with Gasteiger partial charge in [-0.15, -0.1) is 0 Å². The lowest BCUT2D eigenvalue weighted by molar-refractivity contribution is -0.117. The van der Waals surface area contributed by atoms with Gasteiger partial charge in [0.05, 0.1) is 23.6 Å². The number of nitrogens with zero attached hydrogens (tertiary/aromatic N) is 2. The van der Waals surface area contributed by atoms with Gasteiger partial charge in [-0.1, -0.05) is 23.7 Å². The fraction of sp³-hybridized carbons (Fsp3) is 0.200. The predicted molar refractivity (Wildman–Crippen MR) is 101 cm³/mol. The van der Waals surface area contributed by atoms with Gasteiger partial charge < -0.3 is 15.0 Å². The molecule has 5 nitrogen and oxygen atoms in total. The summed E-state index contributed by atoms with van der Waals surface area (Å²) in [6.45, 7) is 3.14. The van der Waals surface area contributed by atoms with Gasteiger partial charge in [-0.3, -0.25) is 4.79 Å². The molecule has 0 aliphatic heterocycles. The highest BCUT2D eigenvalue weighted by atomic mass is 35.5. The molecule has 3 aromatic rings. The zero-order valence-electron chi connectivity index (χ0n) is 14.3. The molecule has 0 spiro atoms. The van der Waals surface area contributed by atoms with E-state index in [1.54, 1.807) is 6.07 Å². The quantitative estimate of drug-likeness (QED) is 0.723. The maximum absolute atomic E-state index is 10.9. The van der Waals surface area contributed by atoms with Gasteiger partial charge in [-0.25, -0.2) is 0 Å². The Morgan fingerprint density at radius 2 is 2.00 bits per heavy atom. The Morgan fingerprint density at radius 1 is 1.27 bits per heavy atom. The smallest absolute Gasteiger partial charge is 0.221 e. The average molecular weight is 368 g/mol. The van der Waals surface area contributed by atoms with Crippen molar-refractivity contribution >= 4 is 28.4 Å². The summed E-state index contributed by atoms with van der Waals surface area (Å²) in [4.78, 5) is 10.9. The predicted octanol–water partition coefficient (Wildman–Crippen LogP) is 3.58. The highest BCUT2D eigenvalue weighted by Crippen LogP contribution is 2.29. The summed E-state index contributed by atoms with van der Waals surface area (Å²) < 4.78 is 7.91. The minimum atomic E-state index is -0.355. The molecule has 2 aromatic carbocycles. The van der Waals surface area contributed by atoms with Crippen LogP contribution in [0.3, 0.4) is 0 Å². The summed E-state index contributed by atoms with van der Waals surface area (Å²) in [7, 11) is 0. The van der Waals surface area contributed by atoms with Crippen molar-refractivity contribution in [3.8, 4) is 11.8 Å². The van der Waals surface area contributed by atoms with Crippen LogP contribution in [0, 0.1) is 18.3 Å². The number of carbonyl (C=O) groups excluding carboxylic acids is 1. The third-order valence-corrected chi connectivity index (χ3v) is 4.64.